The number of nitrogens with one attached hydrogen (secondary N) is 1. The smallest absolute Gasteiger partial charge is 0.240 e. The third-order valence-corrected chi connectivity index (χ3v) is 3.74. The van der Waals surface area contributed by atoms with E-state index in [2.05, 4.69) is 5.32 Å². The molecule has 1 aliphatic rings. The largest absolute Gasteiger partial charge is 0.355 e. The van der Waals surface area contributed by atoms with Gasteiger partial charge in [-0.3, -0.25) is 9.59 Å². The monoisotopic (exact) mass is 290 g/mol. The Balaban J connectivity index is 2.15. The predicted molar refractivity (Wildman–Crippen MR) is 81.9 cm³/mol. The second kappa shape index (κ2) is 7.14. The summed E-state index contributed by atoms with van der Waals surface area (Å²) in [6, 6.07) is 9.68. The van der Waals surface area contributed by atoms with E-state index in [0.717, 1.165) is 17.7 Å². The highest BCUT2D eigenvalue weighted by Gasteiger charge is 2.25. The fraction of sp³-hybridized carbons (Fsp3) is 0.333. The minimum Gasteiger partial charge on any atom is -0.355 e. The fourth-order valence-electron chi connectivity index (χ4n) is 1.94. The molecule has 0 aliphatic carbocycles. The van der Waals surface area contributed by atoms with E-state index in [0.29, 0.717) is 12.3 Å². The molecule has 2 rings (SSSR count). The Morgan fingerprint density at radius 1 is 1.35 bits per heavy atom. The molecule has 106 valence electrons. The van der Waals surface area contributed by atoms with Crippen LogP contribution in [0.15, 0.2) is 35.7 Å². The van der Waals surface area contributed by atoms with Crippen LogP contribution < -0.4 is 5.32 Å². The van der Waals surface area contributed by atoms with Crippen LogP contribution in [0.1, 0.15) is 18.9 Å². The molecule has 2 amide bonds. The van der Waals surface area contributed by atoms with Gasteiger partial charge >= 0.3 is 0 Å². The first-order valence-corrected chi connectivity index (χ1v) is 7.71. The number of rotatable bonds is 5. The van der Waals surface area contributed by atoms with Crippen LogP contribution in [0.4, 0.5) is 0 Å². The molecule has 1 N–H and O–H groups in total. The Morgan fingerprint density at radius 3 is 2.80 bits per heavy atom. The SMILES string of the molecule is CCCNC(=O)CN1C(=O)CSC=C1c1ccccc1. The van der Waals surface area contributed by atoms with E-state index in [9.17, 15) is 9.59 Å². The highest BCUT2D eigenvalue weighted by atomic mass is 32.2. The van der Waals surface area contributed by atoms with Crippen molar-refractivity contribution in [3.05, 3.63) is 41.3 Å². The topological polar surface area (TPSA) is 49.4 Å². The lowest BCUT2D eigenvalue weighted by molar-refractivity contribution is -0.131. The first kappa shape index (κ1) is 14.7. The average molecular weight is 290 g/mol. The molecule has 0 radical (unpaired) electrons. The molecule has 0 saturated heterocycles. The maximum Gasteiger partial charge on any atom is 0.240 e. The zero-order valence-electron chi connectivity index (χ0n) is 11.5. The van der Waals surface area contributed by atoms with E-state index in [-0.39, 0.29) is 18.4 Å². The number of carbonyl (C=O) groups is 2. The van der Waals surface area contributed by atoms with E-state index < -0.39 is 0 Å². The maximum absolute atomic E-state index is 12.1. The summed E-state index contributed by atoms with van der Waals surface area (Å²) in [6.45, 7) is 2.72. The molecule has 0 fully saturated rings. The van der Waals surface area contributed by atoms with Gasteiger partial charge in [-0.2, -0.15) is 0 Å². The van der Waals surface area contributed by atoms with Gasteiger partial charge in [0.1, 0.15) is 6.54 Å². The zero-order valence-corrected chi connectivity index (χ0v) is 12.3. The lowest BCUT2D eigenvalue weighted by atomic mass is 10.1. The molecule has 20 heavy (non-hydrogen) atoms. The highest BCUT2D eigenvalue weighted by molar-refractivity contribution is 8.03. The van der Waals surface area contributed by atoms with Crippen molar-refractivity contribution in [2.24, 2.45) is 0 Å². The molecule has 1 aromatic rings. The summed E-state index contributed by atoms with van der Waals surface area (Å²) in [4.78, 5) is 25.5. The Hall–Kier alpha value is -1.75. The Morgan fingerprint density at radius 2 is 2.10 bits per heavy atom. The van der Waals surface area contributed by atoms with Crippen LogP contribution in [0.3, 0.4) is 0 Å². The van der Waals surface area contributed by atoms with Gasteiger partial charge in [-0.15, -0.1) is 11.8 Å². The van der Waals surface area contributed by atoms with Crippen molar-refractivity contribution in [1.29, 1.82) is 0 Å². The molecule has 0 saturated carbocycles. The van der Waals surface area contributed by atoms with Gasteiger partial charge < -0.3 is 10.2 Å². The number of carbonyl (C=O) groups excluding carboxylic acids is 2. The molecule has 0 bridgehead atoms. The summed E-state index contributed by atoms with van der Waals surface area (Å²) in [5.74, 6) is 0.245. The molecule has 1 aromatic carbocycles. The van der Waals surface area contributed by atoms with Crippen molar-refractivity contribution in [3.63, 3.8) is 0 Å². The van der Waals surface area contributed by atoms with Crippen LogP contribution in [0, 0.1) is 0 Å². The summed E-state index contributed by atoms with van der Waals surface area (Å²) < 4.78 is 0. The Bertz CT molecular complexity index is 514. The lowest BCUT2D eigenvalue weighted by Crippen LogP contribution is -2.41. The van der Waals surface area contributed by atoms with Crippen LogP contribution in [-0.4, -0.2) is 35.6 Å². The number of hydrogen-bond acceptors (Lipinski definition) is 3. The van der Waals surface area contributed by atoms with E-state index in [1.54, 1.807) is 4.90 Å². The van der Waals surface area contributed by atoms with Gasteiger partial charge in [-0.05, 0) is 17.4 Å². The zero-order chi connectivity index (χ0) is 14.4. The molecule has 4 nitrogen and oxygen atoms in total. The summed E-state index contributed by atoms with van der Waals surface area (Å²) in [6.07, 6.45) is 0.886. The van der Waals surface area contributed by atoms with Gasteiger partial charge in [0.25, 0.3) is 0 Å². The second-order valence-electron chi connectivity index (χ2n) is 4.51. The van der Waals surface area contributed by atoms with Crippen molar-refractivity contribution >= 4 is 29.3 Å². The lowest BCUT2D eigenvalue weighted by Gasteiger charge is -2.28. The average Bonchev–Trinajstić information content (AvgIpc) is 2.48. The van der Waals surface area contributed by atoms with Crippen LogP contribution >= 0.6 is 11.8 Å². The van der Waals surface area contributed by atoms with Crippen molar-refractivity contribution < 1.29 is 9.59 Å². The van der Waals surface area contributed by atoms with Crippen molar-refractivity contribution in [1.82, 2.24) is 10.2 Å². The van der Waals surface area contributed by atoms with Crippen LogP contribution in [-0.2, 0) is 9.59 Å². The number of amides is 2. The summed E-state index contributed by atoms with van der Waals surface area (Å²) >= 11 is 1.47. The minimum atomic E-state index is -0.117. The summed E-state index contributed by atoms with van der Waals surface area (Å²) in [5, 5.41) is 4.75. The number of thioether (sulfide) groups is 1. The van der Waals surface area contributed by atoms with E-state index >= 15 is 0 Å². The van der Waals surface area contributed by atoms with Gasteiger partial charge in [0.05, 0.1) is 11.4 Å². The molecule has 1 heterocycles. The van der Waals surface area contributed by atoms with E-state index in [1.807, 2.05) is 42.7 Å². The Labute approximate surface area is 123 Å². The molecular formula is C15H18N2O2S. The van der Waals surface area contributed by atoms with E-state index in [4.69, 9.17) is 0 Å². The maximum atomic E-state index is 12.1. The molecular weight excluding hydrogens is 272 g/mol. The van der Waals surface area contributed by atoms with Crippen LogP contribution in [0.5, 0.6) is 0 Å². The molecule has 0 spiro atoms. The van der Waals surface area contributed by atoms with Crippen molar-refractivity contribution in [2.75, 3.05) is 18.8 Å². The highest BCUT2D eigenvalue weighted by Crippen LogP contribution is 2.27. The number of benzene rings is 1. The standard InChI is InChI=1S/C15H18N2O2S/c1-2-8-16-14(18)9-17-13(10-20-11-15(17)19)12-6-4-3-5-7-12/h3-7,10H,2,8-9,11H2,1H3,(H,16,18). The number of nitrogens with zero attached hydrogens (tertiary/aromatic N) is 1. The van der Waals surface area contributed by atoms with Crippen molar-refractivity contribution in [3.8, 4) is 0 Å². The summed E-state index contributed by atoms with van der Waals surface area (Å²) in [5.41, 5.74) is 1.76. The first-order valence-electron chi connectivity index (χ1n) is 6.66. The minimum absolute atomic E-state index is 0.0250. The van der Waals surface area contributed by atoms with Gasteiger partial charge in [-0.1, -0.05) is 37.3 Å². The van der Waals surface area contributed by atoms with Gasteiger partial charge in [0.2, 0.25) is 11.8 Å². The second-order valence-corrected chi connectivity index (χ2v) is 5.37. The number of hydrogen-bond donors (Lipinski definition) is 1. The molecule has 0 atom stereocenters. The molecule has 0 unspecified atom stereocenters. The van der Waals surface area contributed by atoms with Crippen LogP contribution in [0.25, 0.3) is 5.70 Å². The van der Waals surface area contributed by atoms with Crippen LogP contribution in [0.2, 0.25) is 0 Å². The predicted octanol–water partition coefficient (Wildman–Crippen LogP) is 2.09. The third kappa shape index (κ3) is 3.63. The normalized spacial score (nSPS) is 14.9. The van der Waals surface area contributed by atoms with Crippen molar-refractivity contribution in [2.45, 2.75) is 13.3 Å². The van der Waals surface area contributed by atoms with Gasteiger partial charge in [0.15, 0.2) is 0 Å². The third-order valence-electron chi connectivity index (χ3n) is 2.94. The first-order chi connectivity index (χ1) is 9.72. The molecule has 5 heteroatoms. The summed E-state index contributed by atoms with van der Waals surface area (Å²) in [7, 11) is 0. The van der Waals surface area contributed by atoms with Gasteiger partial charge in [0, 0.05) is 6.54 Å². The molecule has 0 aromatic heterocycles. The quantitative estimate of drug-likeness (QED) is 0.903. The fourth-order valence-corrected chi connectivity index (χ4v) is 2.74. The van der Waals surface area contributed by atoms with E-state index in [1.165, 1.54) is 11.8 Å². The van der Waals surface area contributed by atoms with Gasteiger partial charge in [-0.25, -0.2) is 0 Å². The Kier molecular flexibility index (Phi) is 5.24. The molecule has 1 aliphatic heterocycles.